The second-order valence-electron chi connectivity index (χ2n) is 10.4. The summed E-state index contributed by atoms with van der Waals surface area (Å²) in [6, 6.07) is 4.50. The fourth-order valence-corrected chi connectivity index (χ4v) is 5.60. The van der Waals surface area contributed by atoms with Gasteiger partial charge in [-0.1, -0.05) is 11.6 Å². The third kappa shape index (κ3) is 5.53. The molecular weight excluding hydrogens is 466 g/mol. The lowest BCUT2D eigenvalue weighted by atomic mass is 9.81. The van der Waals surface area contributed by atoms with Gasteiger partial charge in [0.05, 0.1) is 18.4 Å². The van der Waals surface area contributed by atoms with E-state index in [1.807, 2.05) is 39.8 Å². The molecule has 4 rings (SSSR count). The molecule has 1 atom stereocenters. The van der Waals surface area contributed by atoms with Crippen LogP contribution in [-0.4, -0.2) is 42.5 Å². The van der Waals surface area contributed by atoms with E-state index in [1.54, 1.807) is 0 Å². The SMILES string of the molecule is Cc1cc(C)c(CNCOCc2cc(Cl)c3c(c2C)O[C@@](C)([C@H]2CC[C@H](N(C)C)CC2)O3)c(=O)[nH]1. The van der Waals surface area contributed by atoms with Gasteiger partial charge in [0.1, 0.15) is 0 Å². The van der Waals surface area contributed by atoms with E-state index < -0.39 is 5.79 Å². The lowest BCUT2D eigenvalue weighted by molar-refractivity contribution is -0.123. The van der Waals surface area contributed by atoms with Crippen LogP contribution in [-0.2, 0) is 17.9 Å². The zero-order valence-corrected chi connectivity index (χ0v) is 22.5. The first-order chi connectivity index (χ1) is 16.6. The molecule has 1 aromatic carbocycles. The van der Waals surface area contributed by atoms with E-state index in [4.69, 9.17) is 25.8 Å². The van der Waals surface area contributed by atoms with Gasteiger partial charge in [-0.25, -0.2) is 0 Å². The summed E-state index contributed by atoms with van der Waals surface area (Å²) in [5.74, 6) is 0.980. The Morgan fingerprint density at radius 3 is 2.49 bits per heavy atom. The molecule has 1 aliphatic carbocycles. The lowest BCUT2D eigenvalue weighted by Crippen LogP contribution is -2.46. The highest BCUT2D eigenvalue weighted by molar-refractivity contribution is 6.32. The number of nitrogens with one attached hydrogen (secondary N) is 2. The molecule has 1 aliphatic heterocycles. The van der Waals surface area contributed by atoms with Crippen molar-refractivity contribution in [2.75, 3.05) is 20.8 Å². The second-order valence-corrected chi connectivity index (χ2v) is 10.8. The molecule has 2 heterocycles. The number of aromatic amines is 1. The lowest BCUT2D eigenvalue weighted by Gasteiger charge is -2.39. The number of H-pyrrole nitrogens is 1. The van der Waals surface area contributed by atoms with Crippen LogP contribution in [0.5, 0.6) is 11.5 Å². The maximum Gasteiger partial charge on any atom is 0.252 e. The Labute approximate surface area is 213 Å². The number of benzene rings is 1. The van der Waals surface area contributed by atoms with Crippen molar-refractivity contribution in [3.63, 3.8) is 0 Å². The van der Waals surface area contributed by atoms with Crippen LogP contribution in [0.25, 0.3) is 0 Å². The number of rotatable bonds is 8. The van der Waals surface area contributed by atoms with E-state index >= 15 is 0 Å². The zero-order valence-electron chi connectivity index (χ0n) is 21.7. The third-order valence-corrected chi connectivity index (χ3v) is 7.86. The van der Waals surface area contributed by atoms with Crippen molar-refractivity contribution in [1.29, 1.82) is 0 Å². The number of halogens is 1. The van der Waals surface area contributed by atoms with Gasteiger partial charge < -0.3 is 24.1 Å². The fraction of sp³-hybridized carbons (Fsp3) is 0.593. The molecule has 1 saturated carbocycles. The summed E-state index contributed by atoms with van der Waals surface area (Å²) in [6.07, 6.45) is 4.41. The summed E-state index contributed by atoms with van der Waals surface area (Å²) in [5.41, 5.74) is 4.44. The van der Waals surface area contributed by atoms with Crippen LogP contribution in [0.2, 0.25) is 5.02 Å². The first-order valence-electron chi connectivity index (χ1n) is 12.4. The van der Waals surface area contributed by atoms with Gasteiger partial charge in [0.15, 0.2) is 11.5 Å². The molecule has 0 amide bonds. The maximum atomic E-state index is 12.2. The van der Waals surface area contributed by atoms with Crippen molar-refractivity contribution >= 4 is 11.6 Å². The fourth-order valence-electron chi connectivity index (χ4n) is 5.34. The standard InChI is InChI=1S/C27H38ClN3O4/c1-16-11-17(2)30-26(32)22(16)13-29-15-33-14-19-12-23(28)25-24(18(19)3)34-27(4,35-25)20-7-9-21(10-8-20)31(5)6/h11-12,20-21,29H,7-10,13-15H2,1-6H3,(H,30,32)/t20-,21-,27-/m1/s1. The Hall–Kier alpha value is -2.06. The molecule has 0 spiro atoms. The van der Waals surface area contributed by atoms with E-state index in [2.05, 4.69) is 29.3 Å². The highest BCUT2D eigenvalue weighted by Gasteiger charge is 2.47. The number of ether oxygens (including phenoxy) is 3. The number of aryl methyl sites for hydroxylation is 2. The molecule has 2 aliphatic rings. The Bertz CT molecular complexity index is 1120. The molecule has 2 aromatic rings. The zero-order chi connectivity index (χ0) is 25.3. The van der Waals surface area contributed by atoms with Crippen LogP contribution in [0.3, 0.4) is 0 Å². The van der Waals surface area contributed by atoms with Crippen LogP contribution < -0.4 is 20.3 Å². The van der Waals surface area contributed by atoms with Crippen LogP contribution >= 0.6 is 11.6 Å². The Morgan fingerprint density at radius 2 is 1.83 bits per heavy atom. The quantitative estimate of drug-likeness (QED) is 0.397. The monoisotopic (exact) mass is 503 g/mol. The van der Waals surface area contributed by atoms with Gasteiger partial charge in [0.2, 0.25) is 0 Å². The minimum absolute atomic E-state index is 0.0633. The molecule has 0 unspecified atom stereocenters. The maximum absolute atomic E-state index is 12.2. The molecule has 8 heteroatoms. The predicted molar refractivity (Wildman–Crippen MR) is 138 cm³/mol. The molecule has 2 N–H and O–H groups in total. The first kappa shape index (κ1) is 26.0. The van der Waals surface area contributed by atoms with Crippen molar-refractivity contribution in [1.82, 2.24) is 15.2 Å². The normalized spacial score (nSPS) is 23.8. The molecule has 0 bridgehead atoms. The molecule has 1 aromatic heterocycles. The number of pyridine rings is 1. The van der Waals surface area contributed by atoms with Crippen LogP contribution in [0, 0.1) is 26.7 Å². The molecule has 35 heavy (non-hydrogen) atoms. The number of hydrogen-bond donors (Lipinski definition) is 2. The molecule has 192 valence electrons. The highest BCUT2D eigenvalue weighted by atomic mass is 35.5. The van der Waals surface area contributed by atoms with Crippen molar-refractivity contribution in [2.45, 2.75) is 78.4 Å². The average Bonchev–Trinajstić information content (AvgIpc) is 3.18. The Kier molecular flexibility index (Phi) is 7.81. The van der Waals surface area contributed by atoms with Gasteiger partial charge in [-0.15, -0.1) is 0 Å². The smallest absolute Gasteiger partial charge is 0.252 e. The van der Waals surface area contributed by atoms with Crippen molar-refractivity contribution in [2.24, 2.45) is 5.92 Å². The molecule has 0 radical (unpaired) electrons. The summed E-state index contributed by atoms with van der Waals surface area (Å²) < 4.78 is 18.7. The van der Waals surface area contributed by atoms with Gasteiger partial charge in [-0.3, -0.25) is 10.1 Å². The van der Waals surface area contributed by atoms with Crippen molar-refractivity contribution in [3.05, 3.63) is 55.5 Å². The number of aromatic nitrogens is 1. The summed E-state index contributed by atoms with van der Waals surface area (Å²) in [4.78, 5) is 17.3. The van der Waals surface area contributed by atoms with Gasteiger partial charge in [-0.2, -0.15) is 0 Å². The van der Waals surface area contributed by atoms with E-state index in [-0.39, 0.29) is 5.56 Å². The van der Waals surface area contributed by atoms with E-state index in [1.165, 1.54) is 0 Å². The van der Waals surface area contributed by atoms with E-state index in [0.29, 0.717) is 42.6 Å². The predicted octanol–water partition coefficient (Wildman–Crippen LogP) is 4.83. The number of fused-ring (bicyclic) bond motifs is 1. The van der Waals surface area contributed by atoms with Gasteiger partial charge in [0, 0.05) is 42.2 Å². The summed E-state index contributed by atoms with van der Waals surface area (Å²) in [5, 5.41) is 3.74. The van der Waals surface area contributed by atoms with Crippen LogP contribution in [0.4, 0.5) is 0 Å². The first-order valence-corrected chi connectivity index (χ1v) is 12.8. The Balaban J connectivity index is 1.35. The number of nitrogens with zero attached hydrogens (tertiary/aromatic N) is 1. The van der Waals surface area contributed by atoms with Gasteiger partial charge >= 0.3 is 0 Å². The Morgan fingerprint density at radius 1 is 1.14 bits per heavy atom. The molecular formula is C27H38ClN3O4. The van der Waals surface area contributed by atoms with Crippen molar-refractivity contribution in [3.8, 4) is 11.5 Å². The van der Waals surface area contributed by atoms with Gasteiger partial charge in [0.25, 0.3) is 11.3 Å². The molecule has 0 saturated heterocycles. The van der Waals surface area contributed by atoms with Crippen LogP contribution in [0.1, 0.15) is 60.6 Å². The second kappa shape index (κ2) is 10.5. The minimum atomic E-state index is -0.700. The van der Waals surface area contributed by atoms with E-state index in [9.17, 15) is 4.79 Å². The topological polar surface area (TPSA) is 75.8 Å². The van der Waals surface area contributed by atoms with Crippen molar-refractivity contribution < 1.29 is 14.2 Å². The number of hydrogen-bond acceptors (Lipinski definition) is 6. The van der Waals surface area contributed by atoms with E-state index in [0.717, 1.165) is 59.4 Å². The van der Waals surface area contributed by atoms with Crippen LogP contribution in [0.15, 0.2) is 16.9 Å². The third-order valence-electron chi connectivity index (χ3n) is 7.58. The summed E-state index contributed by atoms with van der Waals surface area (Å²) in [6.45, 7) is 9.02. The molecule has 1 fully saturated rings. The summed E-state index contributed by atoms with van der Waals surface area (Å²) >= 11 is 6.62. The average molecular weight is 504 g/mol. The summed E-state index contributed by atoms with van der Waals surface area (Å²) in [7, 11) is 4.30. The minimum Gasteiger partial charge on any atom is -0.448 e. The highest BCUT2D eigenvalue weighted by Crippen LogP contribution is 2.51. The largest absolute Gasteiger partial charge is 0.448 e. The van der Waals surface area contributed by atoms with Gasteiger partial charge in [-0.05, 0) is 83.8 Å². The molecule has 7 nitrogen and oxygen atoms in total.